The van der Waals surface area contributed by atoms with E-state index in [0.717, 1.165) is 24.7 Å². The Morgan fingerprint density at radius 3 is 2.38 bits per heavy atom. The van der Waals surface area contributed by atoms with Gasteiger partial charge in [-0.2, -0.15) is 0 Å². The lowest BCUT2D eigenvalue weighted by Gasteiger charge is -2.65. The van der Waals surface area contributed by atoms with Gasteiger partial charge in [-0.3, -0.25) is 4.79 Å². The van der Waals surface area contributed by atoms with Crippen LogP contribution in [0.25, 0.3) is 0 Å². The third-order valence-electron chi connectivity index (χ3n) is 10.4. The molecule has 4 rings (SSSR count). The zero-order chi connectivity index (χ0) is 19.1. The van der Waals surface area contributed by atoms with E-state index in [4.69, 9.17) is 0 Å². The minimum Gasteiger partial charge on any atom is -0.299 e. The molecule has 0 aromatic heterocycles. The molecule has 0 radical (unpaired) electrons. The summed E-state index contributed by atoms with van der Waals surface area (Å²) >= 11 is 0. The Bertz CT molecular complexity index is 645. The fourth-order valence-corrected chi connectivity index (χ4v) is 8.46. The number of rotatable bonds is 1. The molecule has 0 aliphatic heterocycles. The van der Waals surface area contributed by atoms with Crippen LogP contribution in [0.3, 0.4) is 0 Å². The minimum atomic E-state index is 0.148. The fourth-order valence-electron chi connectivity index (χ4n) is 8.46. The molecule has 8 atom stereocenters. The van der Waals surface area contributed by atoms with Crippen molar-refractivity contribution in [1.29, 1.82) is 0 Å². The maximum atomic E-state index is 13.4. The van der Waals surface area contributed by atoms with Crippen molar-refractivity contribution in [3.63, 3.8) is 0 Å². The molecule has 26 heavy (non-hydrogen) atoms. The lowest BCUT2D eigenvalue weighted by molar-refractivity contribution is -0.160. The summed E-state index contributed by atoms with van der Waals surface area (Å²) in [5, 5.41) is 0. The van der Waals surface area contributed by atoms with Gasteiger partial charge in [0.05, 0.1) is 0 Å². The number of ketones is 1. The summed E-state index contributed by atoms with van der Waals surface area (Å²) in [5.74, 6) is 4.32. The maximum Gasteiger partial charge on any atom is 0.137 e. The fraction of sp³-hybridized carbons (Fsp3) is 0.880. The van der Waals surface area contributed by atoms with E-state index in [9.17, 15) is 4.79 Å². The van der Waals surface area contributed by atoms with E-state index < -0.39 is 0 Å². The molecular weight excluding hydrogens is 316 g/mol. The van der Waals surface area contributed by atoms with Crippen LogP contribution in [0.1, 0.15) is 87.0 Å². The minimum absolute atomic E-state index is 0.148. The molecule has 0 heterocycles. The number of carbonyl (C=O) groups excluding carboxylic acids is 1. The van der Waals surface area contributed by atoms with Crippen LogP contribution in [0, 0.1) is 51.8 Å². The number of fused-ring (bicyclic) bond motifs is 5. The molecule has 0 aromatic carbocycles. The van der Waals surface area contributed by atoms with Gasteiger partial charge >= 0.3 is 0 Å². The SMILES string of the molecule is CC(C)C1CC(=O)C2C1(C)CCC1(C)C3CCC(C)C(C)C3=CCC21C. The lowest BCUT2D eigenvalue weighted by Crippen LogP contribution is -2.60. The molecular formula is C25H40O. The van der Waals surface area contributed by atoms with Gasteiger partial charge in [0.1, 0.15) is 5.78 Å². The van der Waals surface area contributed by atoms with E-state index in [-0.39, 0.29) is 16.7 Å². The van der Waals surface area contributed by atoms with E-state index in [1.165, 1.54) is 25.7 Å². The highest BCUT2D eigenvalue weighted by molar-refractivity contribution is 5.86. The molecule has 0 spiro atoms. The summed E-state index contributed by atoms with van der Waals surface area (Å²) < 4.78 is 0. The first-order valence-electron chi connectivity index (χ1n) is 11.3. The molecule has 0 saturated heterocycles. The van der Waals surface area contributed by atoms with Gasteiger partial charge in [0.25, 0.3) is 0 Å². The van der Waals surface area contributed by atoms with Crippen LogP contribution in [0.5, 0.6) is 0 Å². The average Bonchev–Trinajstić information content (AvgIpc) is 2.85. The standard InChI is InChI=1S/C25H40O/c1-15(2)20-14-21(26)22-23(20,5)12-13-24(6)19-9-8-16(3)17(4)18(19)10-11-25(22,24)7/h10,15-17,19-20,22H,8-9,11-14H2,1-7H3. The molecule has 146 valence electrons. The molecule has 1 heteroatoms. The van der Waals surface area contributed by atoms with Crippen molar-refractivity contribution in [1.82, 2.24) is 0 Å². The number of allylic oxidation sites excluding steroid dienone is 2. The zero-order valence-electron chi connectivity index (χ0n) is 18.2. The normalized spacial score (nSPS) is 53.8. The number of hydrogen-bond donors (Lipinski definition) is 0. The van der Waals surface area contributed by atoms with Crippen LogP contribution in [-0.2, 0) is 4.79 Å². The second-order valence-corrected chi connectivity index (χ2v) is 11.6. The molecule has 8 unspecified atom stereocenters. The van der Waals surface area contributed by atoms with E-state index in [1.807, 2.05) is 0 Å². The number of Topliss-reactive ketones (excluding diaryl/α,β-unsaturated/α-hetero) is 1. The van der Waals surface area contributed by atoms with Crippen molar-refractivity contribution >= 4 is 5.78 Å². The van der Waals surface area contributed by atoms with Crippen molar-refractivity contribution in [3.8, 4) is 0 Å². The molecule has 4 aliphatic rings. The monoisotopic (exact) mass is 356 g/mol. The summed E-state index contributed by atoms with van der Waals surface area (Å²) in [7, 11) is 0. The molecule has 0 aromatic rings. The lowest BCUT2D eigenvalue weighted by atomic mass is 9.38. The maximum absolute atomic E-state index is 13.4. The van der Waals surface area contributed by atoms with E-state index >= 15 is 0 Å². The van der Waals surface area contributed by atoms with Gasteiger partial charge in [-0.1, -0.05) is 60.1 Å². The number of carbonyl (C=O) groups is 1. The van der Waals surface area contributed by atoms with Gasteiger partial charge in [0.15, 0.2) is 0 Å². The Kier molecular flexibility index (Phi) is 4.12. The highest BCUT2D eigenvalue weighted by Crippen LogP contribution is 2.73. The van der Waals surface area contributed by atoms with Crippen LogP contribution in [-0.4, -0.2) is 5.78 Å². The summed E-state index contributed by atoms with van der Waals surface area (Å²) in [5.41, 5.74) is 2.42. The predicted octanol–water partition coefficient (Wildman–Crippen LogP) is 6.67. The quantitative estimate of drug-likeness (QED) is 0.479. The third kappa shape index (κ3) is 2.12. The zero-order valence-corrected chi connectivity index (χ0v) is 18.2. The van der Waals surface area contributed by atoms with E-state index in [0.29, 0.717) is 29.0 Å². The van der Waals surface area contributed by atoms with Crippen molar-refractivity contribution < 1.29 is 4.79 Å². The first-order chi connectivity index (χ1) is 12.1. The molecule has 3 saturated carbocycles. The molecule has 1 nitrogen and oxygen atoms in total. The van der Waals surface area contributed by atoms with Gasteiger partial charge < -0.3 is 0 Å². The highest BCUT2D eigenvalue weighted by Gasteiger charge is 2.68. The van der Waals surface area contributed by atoms with Gasteiger partial charge in [0.2, 0.25) is 0 Å². The number of hydrogen-bond acceptors (Lipinski definition) is 1. The van der Waals surface area contributed by atoms with Gasteiger partial charge in [-0.25, -0.2) is 0 Å². The Morgan fingerprint density at radius 1 is 1.04 bits per heavy atom. The van der Waals surface area contributed by atoms with Crippen LogP contribution in [0.4, 0.5) is 0 Å². The van der Waals surface area contributed by atoms with Gasteiger partial charge in [-0.15, -0.1) is 0 Å². The van der Waals surface area contributed by atoms with Crippen molar-refractivity contribution in [2.75, 3.05) is 0 Å². The van der Waals surface area contributed by atoms with E-state index in [1.54, 1.807) is 5.57 Å². The summed E-state index contributed by atoms with van der Waals surface area (Å²) in [4.78, 5) is 13.4. The van der Waals surface area contributed by atoms with Crippen molar-refractivity contribution in [3.05, 3.63) is 11.6 Å². The molecule has 4 aliphatic carbocycles. The average molecular weight is 357 g/mol. The van der Waals surface area contributed by atoms with Crippen molar-refractivity contribution in [2.45, 2.75) is 87.0 Å². The second kappa shape index (κ2) is 5.71. The van der Waals surface area contributed by atoms with Gasteiger partial charge in [0, 0.05) is 12.3 Å². The Morgan fingerprint density at radius 2 is 1.73 bits per heavy atom. The van der Waals surface area contributed by atoms with Gasteiger partial charge in [-0.05, 0) is 77.9 Å². The summed E-state index contributed by atoms with van der Waals surface area (Å²) in [6, 6.07) is 0. The molecule has 0 amide bonds. The molecule has 0 N–H and O–H groups in total. The van der Waals surface area contributed by atoms with Crippen LogP contribution < -0.4 is 0 Å². The first kappa shape index (κ1) is 18.8. The smallest absolute Gasteiger partial charge is 0.137 e. The Labute approximate surface area is 161 Å². The van der Waals surface area contributed by atoms with E-state index in [2.05, 4.69) is 54.5 Å². The highest BCUT2D eigenvalue weighted by atomic mass is 16.1. The first-order valence-corrected chi connectivity index (χ1v) is 11.3. The van der Waals surface area contributed by atoms with Crippen LogP contribution >= 0.6 is 0 Å². The molecule has 0 bridgehead atoms. The van der Waals surface area contributed by atoms with Crippen LogP contribution in [0.15, 0.2) is 11.6 Å². The predicted molar refractivity (Wildman–Crippen MR) is 109 cm³/mol. The third-order valence-corrected chi connectivity index (χ3v) is 10.4. The topological polar surface area (TPSA) is 17.1 Å². The summed E-state index contributed by atoms with van der Waals surface area (Å²) in [6.07, 6.45) is 9.84. The van der Waals surface area contributed by atoms with Crippen LogP contribution in [0.2, 0.25) is 0 Å². The second-order valence-electron chi connectivity index (χ2n) is 11.6. The summed E-state index contributed by atoms with van der Waals surface area (Å²) in [6.45, 7) is 17.1. The van der Waals surface area contributed by atoms with Crippen molar-refractivity contribution in [2.24, 2.45) is 51.8 Å². The Balaban J connectivity index is 1.80. The largest absolute Gasteiger partial charge is 0.299 e. The molecule has 3 fully saturated rings. The Hall–Kier alpha value is -0.590.